The molecule has 4 nitrogen and oxygen atoms in total. The summed E-state index contributed by atoms with van der Waals surface area (Å²) >= 11 is 6.09. The molecule has 1 amide bonds. The van der Waals surface area contributed by atoms with Crippen LogP contribution in [0.3, 0.4) is 0 Å². The first kappa shape index (κ1) is 18.7. The lowest BCUT2D eigenvalue weighted by Gasteiger charge is -2.12. The highest BCUT2D eigenvalue weighted by Crippen LogP contribution is 2.36. The van der Waals surface area contributed by atoms with Gasteiger partial charge in [0.2, 0.25) is 0 Å². The summed E-state index contributed by atoms with van der Waals surface area (Å²) in [5.74, 6) is 8.95. The summed E-state index contributed by atoms with van der Waals surface area (Å²) in [4.78, 5) is 12.7. The largest absolute Gasteiger partial charge is 0.506 e. The van der Waals surface area contributed by atoms with Crippen LogP contribution in [0.5, 0.6) is 11.5 Å². The van der Waals surface area contributed by atoms with E-state index < -0.39 is 5.91 Å². The number of phenols is 1. The number of carbonyl (C=O) groups excluding carboxylic acids is 1. The Hall–Kier alpha value is -4.04. The number of hydrogen-bond donors (Lipinski definition) is 2. The number of ether oxygens (including phenoxy) is 1. The van der Waals surface area contributed by atoms with Crippen molar-refractivity contribution in [1.29, 1.82) is 0 Å². The predicted octanol–water partition coefficient (Wildman–Crippen LogP) is 4.43. The van der Waals surface area contributed by atoms with Crippen LogP contribution in [0.15, 0.2) is 54.6 Å². The van der Waals surface area contributed by atoms with Crippen LogP contribution in [0.1, 0.15) is 10.4 Å². The average Bonchev–Trinajstić information content (AvgIpc) is 2.71. The Morgan fingerprint density at radius 1 is 1.04 bits per heavy atom. The molecule has 0 aliphatic rings. The molecular weight excluding hydrogens is 374 g/mol. The highest BCUT2D eigenvalue weighted by atomic mass is 35.5. The monoisotopic (exact) mass is 385 g/mol. The predicted molar refractivity (Wildman–Crippen MR) is 110 cm³/mol. The fourth-order valence-corrected chi connectivity index (χ4v) is 2.69. The molecule has 0 aliphatic heterocycles. The van der Waals surface area contributed by atoms with Gasteiger partial charge in [0.1, 0.15) is 17.6 Å². The molecule has 0 unspecified atom stereocenters. The van der Waals surface area contributed by atoms with Gasteiger partial charge in [0.15, 0.2) is 0 Å². The molecule has 3 aromatic carbocycles. The maximum absolute atomic E-state index is 12.7. The van der Waals surface area contributed by atoms with Gasteiger partial charge < -0.3 is 15.2 Å². The van der Waals surface area contributed by atoms with Gasteiger partial charge in [-0.15, -0.1) is 6.42 Å². The van der Waals surface area contributed by atoms with Crippen molar-refractivity contribution in [3.05, 3.63) is 65.2 Å². The molecule has 5 heteroatoms. The van der Waals surface area contributed by atoms with Crippen molar-refractivity contribution in [2.45, 2.75) is 0 Å². The average molecular weight is 386 g/mol. The minimum absolute atomic E-state index is 0.0186. The second kappa shape index (κ2) is 8.56. The van der Waals surface area contributed by atoms with Gasteiger partial charge in [-0.1, -0.05) is 48.0 Å². The van der Waals surface area contributed by atoms with Crippen molar-refractivity contribution in [3.63, 3.8) is 0 Å². The molecule has 0 aromatic heterocycles. The fraction of sp³-hybridized carbons (Fsp3) is 0. The van der Waals surface area contributed by atoms with Crippen molar-refractivity contribution in [3.8, 4) is 47.7 Å². The SMILES string of the molecule is C#CC#CC#COc1cc(C(=O)Nc2ccccc2Cl)c(O)c2ccccc12. The Morgan fingerprint density at radius 3 is 2.50 bits per heavy atom. The third-order valence-electron chi connectivity index (χ3n) is 3.75. The fourth-order valence-electron chi connectivity index (χ4n) is 2.51. The normalized spacial score (nSPS) is 9.29. The molecule has 0 atom stereocenters. The van der Waals surface area contributed by atoms with Crippen LogP contribution >= 0.6 is 11.6 Å². The van der Waals surface area contributed by atoms with Crippen LogP contribution in [0.4, 0.5) is 5.69 Å². The summed E-state index contributed by atoms with van der Waals surface area (Å²) in [6, 6.07) is 15.2. The zero-order valence-corrected chi connectivity index (χ0v) is 15.2. The number of rotatable bonds is 3. The molecule has 0 heterocycles. The number of terminal acetylenes is 1. The lowest BCUT2D eigenvalue weighted by atomic mass is 10.0. The second-order valence-electron chi connectivity index (χ2n) is 5.47. The van der Waals surface area contributed by atoms with E-state index in [0.717, 1.165) is 0 Å². The standard InChI is InChI=1S/C23H12ClNO3/c1-2-3-4-9-14-28-21-15-18(22(26)17-11-6-5-10-16(17)21)23(27)25-20-13-8-7-12-19(20)24/h1,5-8,10-13,15,26H,(H,25,27). The number of phenolic OH excluding ortho intramolecular Hbond substituents is 1. The maximum Gasteiger partial charge on any atom is 0.259 e. The van der Waals surface area contributed by atoms with Crippen LogP contribution in [0, 0.1) is 36.2 Å². The summed E-state index contributed by atoms with van der Waals surface area (Å²) in [5.41, 5.74) is 0.443. The molecule has 0 aliphatic carbocycles. The van der Waals surface area contributed by atoms with Gasteiger partial charge in [0, 0.05) is 22.6 Å². The van der Waals surface area contributed by atoms with Gasteiger partial charge in [-0.25, -0.2) is 0 Å². The zero-order valence-electron chi connectivity index (χ0n) is 14.4. The molecular formula is C23H12ClNO3. The number of nitrogens with one attached hydrogen (secondary N) is 1. The minimum Gasteiger partial charge on any atom is -0.506 e. The summed E-state index contributed by atoms with van der Waals surface area (Å²) in [6.07, 6.45) is 7.45. The second-order valence-corrected chi connectivity index (χ2v) is 5.88. The molecule has 0 spiro atoms. The molecule has 0 bridgehead atoms. The first-order valence-electron chi connectivity index (χ1n) is 8.05. The van der Waals surface area contributed by atoms with Gasteiger partial charge in [-0.05, 0) is 30.0 Å². The minimum atomic E-state index is -0.540. The van der Waals surface area contributed by atoms with E-state index in [-0.39, 0.29) is 11.3 Å². The van der Waals surface area contributed by atoms with Crippen molar-refractivity contribution in [2.24, 2.45) is 0 Å². The van der Waals surface area contributed by atoms with Gasteiger partial charge in [0.25, 0.3) is 5.91 Å². The Kier molecular flexibility index (Phi) is 5.73. The number of amides is 1. The Labute approximate surface area is 167 Å². The van der Waals surface area contributed by atoms with E-state index in [1.165, 1.54) is 6.07 Å². The first-order valence-corrected chi connectivity index (χ1v) is 8.42. The smallest absolute Gasteiger partial charge is 0.259 e. The summed E-state index contributed by atoms with van der Waals surface area (Å²) in [6.45, 7) is 0. The highest BCUT2D eigenvalue weighted by Gasteiger charge is 2.18. The zero-order chi connectivity index (χ0) is 19.9. The molecule has 0 radical (unpaired) electrons. The Bertz CT molecular complexity index is 1230. The van der Waals surface area contributed by atoms with Gasteiger partial charge in [-0.2, -0.15) is 0 Å². The van der Waals surface area contributed by atoms with E-state index in [0.29, 0.717) is 27.2 Å². The highest BCUT2D eigenvalue weighted by molar-refractivity contribution is 6.34. The number of aromatic hydroxyl groups is 1. The number of fused-ring (bicyclic) bond motifs is 1. The maximum atomic E-state index is 12.7. The number of benzene rings is 3. The Morgan fingerprint density at radius 2 is 1.75 bits per heavy atom. The first-order chi connectivity index (χ1) is 13.6. The lowest BCUT2D eigenvalue weighted by Crippen LogP contribution is -2.12. The van der Waals surface area contributed by atoms with Crippen molar-refractivity contribution >= 4 is 34.0 Å². The van der Waals surface area contributed by atoms with Crippen molar-refractivity contribution in [2.75, 3.05) is 5.32 Å². The number of para-hydroxylation sites is 1. The van der Waals surface area contributed by atoms with Crippen molar-refractivity contribution < 1.29 is 14.6 Å². The molecule has 0 saturated heterocycles. The van der Waals surface area contributed by atoms with Crippen LogP contribution < -0.4 is 10.1 Å². The molecule has 0 fully saturated rings. The van der Waals surface area contributed by atoms with Crippen LogP contribution in [-0.4, -0.2) is 11.0 Å². The van der Waals surface area contributed by atoms with E-state index in [2.05, 4.69) is 35.1 Å². The van der Waals surface area contributed by atoms with Gasteiger partial charge >= 0.3 is 0 Å². The van der Waals surface area contributed by atoms with E-state index in [4.69, 9.17) is 22.8 Å². The lowest BCUT2D eigenvalue weighted by molar-refractivity contribution is 0.102. The molecule has 3 aromatic rings. The van der Waals surface area contributed by atoms with E-state index in [1.54, 1.807) is 48.5 Å². The molecule has 0 saturated carbocycles. The molecule has 28 heavy (non-hydrogen) atoms. The van der Waals surface area contributed by atoms with E-state index in [9.17, 15) is 9.90 Å². The van der Waals surface area contributed by atoms with Gasteiger partial charge in [-0.3, -0.25) is 4.79 Å². The third kappa shape index (κ3) is 4.02. The molecule has 3 rings (SSSR count). The summed E-state index contributed by atoms with van der Waals surface area (Å²) in [7, 11) is 0. The van der Waals surface area contributed by atoms with Gasteiger partial charge in [0.05, 0.1) is 16.3 Å². The summed E-state index contributed by atoms with van der Waals surface area (Å²) in [5, 5.41) is 14.7. The van der Waals surface area contributed by atoms with Crippen LogP contribution in [-0.2, 0) is 0 Å². The number of anilines is 1. The van der Waals surface area contributed by atoms with E-state index in [1.807, 2.05) is 0 Å². The van der Waals surface area contributed by atoms with Crippen molar-refractivity contribution in [1.82, 2.24) is 0 Å². The molecule has 2 N–H and O–H groups in total. The topological polar surface area (TPSA) is 58.6 Å². The number of halogens is 1. The van der Waals surface area contributed by atoms with Crippen LogP contribution in [0.2, 0.25) is 5.02 Å². The molecule has 134 valence electrons. The third-order valence-corrected chi connectivity index (χ3v) is 4.08. The van der Waals surface area contributed by atoms with Crippen LogP contribution in [0.25, 0.3) is 10.8 Å². The number of hydrogen-bond acceptors (Lipinski definition) is 3. The van der Waals surface area contributed by atoms with E-state index >= 15 is 0 Å². The Balaban J connectivity index is 2.03. The quantitative estimate of drug-likeness (QED) is 0.656. The summed E-state index contributed by atoms with van der Waals surface area (Å²) < 4.78 is 5.44. The number of carbonyl (C=O) groups is 1.